The van der Waals surface area contributed by atoms with Crippen molar-refractivity contribution >= 4 is 34.1 Å². The van der Waals surface area contributed by atoms with E-state index in [0.717, 1.165) is 35.8 Å². The Morgan fingerprint density at radius 1 is 1.53 bits per heavy atom. The molecule has 0 spiro atoms. The third-order valence-electron chi connectivity index (χ3n) is 2.73. The molecule has 0 radical (unpaired) electrons. The van der Waals surface area contributed by atoms with Gasteiger partial charge in [0.15, 0.2) is 4.34 Å². The lowest BCUT2D eigenvalue weighted by atomic mass is 9.99. The molecule has 0 aliphatic rings. The molecule has 1 N–H and O–H groups in total. The smallest absolute Gasteiger partial charge is 0.229 e. The van der Waals surface area contributed by atoms with Gasteiger partial charge in [0.05, 0.1) is 0 Å². The summed E-state index contributed by atoms with van der Waals surface area (Å²) in [7, 11) is 0. The first-order valence-electron chi connectivity index (χ1n) is 6.59. The van der Waals surface area contributed by atoms with Gasteiger partial charge >= 0.3 is 0 Å². The molecule has 0 aliphatic heterocycles. The van der Waals surface area contributed by atoms with Gasteiger partial charge in [-0.15, -0.1) is 16.8 Å². The van der Waals surface area contributed by atoms with Gasteiger partial charge in [0.1, 0.15) is 0 Å². The number of hydrogen-bond donors (Lipinski definition) is 1. The van der Waals surface area contributed by atoms with Crippen LogP contribution in [0.5, 0.6) is 0 Å². The Hall–Kier alpha value is -0.880. The van der Waals surface area contributed by atoms with Crippen molar-refractivity contribution in [3.63, 3.8) is 0 Å². The summed E-state index contributed by atoms with van der Waals surface area (Å²) in [4.78, 5) is 12.1. The standard InChI is InChI=1S/C13H21N3OS2/c1-4-7-8-10(6-3)11(17)14-12-15-16-13(19-12)18-9-5-2/h5,10H,2,4,6-9H2,1,3H3,(H,14,15,17)/t10-/m1/s1. The second kappa shape index (κ2) is 9.09. The molecular weight excluding hydrogens is 278 g/mol. The van der Waals surface area contributed by atoms with Crippen molar-refractivity contribution in [1.29, 1.82) is 0 Å². The molecule has 1 aromatic rings. The van der Waals surface area contributed by atoms with Gasteiger partial charge in [-0.1, -0.05) is 55.9 Å². The number of thioether (sulfide) groups is 1. The van der Waals surface area contributed by atoms with Crippen molar-refractivity contribution in [3.05, 3.63) is 12.7 Å². The Morgan fingerprint density at radius 3 is 2.95 bits per heavy atom. The minimum Gasteiger partial charge on any atom is -0.300 e. The first-order chi connectivity index (χ1) is 9.21. The lowest BCUT2D eigenvalue weighted by molar-refractivity contribution is -0.120. The Labute approximate surface area is 123 Å². The number of rotatable bonds is 9. The van der Waals surface area contributed by atoms with Gasteiger partial charge in [-0.05, 0) is 12.8 Å². The molecule has 1 rings (SSSR count). The molecule has 0 fully saturated rings. The van der Waals surface area contributed by atoms with E-state index in [1.807, 2.05) is 13.0 Å². The van der Waals surface area contributed by atoms with Crippen LogP contribution in [0.3, 0.4) is 0 Å². The molecule has 0 aromatic carbocycles. The summed E-state index contributed by atoms with van der Waals surface area (Å²) in [5, 5.41) is 11.5. The fraction of sp³-hybridized carbons (Fsp3) is 0.615. The van der Waals surface area contributed by atoms with Crippen LogP contribution in [0.2, 0.25) is 0 Å². The maximum absolute atomic E-state index is 12.1. The van der Waals surface area contributed by atoms with Crippen LogP contribution in [0.15, 0.2) is 17.0 Å². The summed E-state index contributed by atoms with van der Waals surface area (Å²) in [5.41, 5.74) is 0. The zero-order valence-corrected chi connectivity index (χ0v) is 13.1. The number of unbranched alkanes of at least 4 members (excludes halogenated alkanes) is 1. The maximum atomic E-state index is 12.1. The molecule has 0 saturated carbocycles. The number of amides is 1. The molecule has 19 heavy (non-hydrogen) atoms. The van der Waals surface area contributed by atoms with Crippen LogP contribution < -0.4 is 5.32 Å². The second-order valence-corrected chi connectivity index (χ2v) is 6.45. The highest BCUT2D eigenvalue weighted by molar-refractivity contribution is 8.01. The van der Waals surface area contributed by atoms with E-state index >= 15 is 0 Å². The van der Waals surface area contributed by atoms with Crippen LogP contribution in [0.4, 0.5) is 5.13 Å². The SMILES string of the molecule is C=CCSc1nnc(NC(=O)[C@H](CC)CCCC)s1. The maximum Gasteiger partial charge on any atom is 0.229 e. The normalized spacial score (nSPS) is 12.1. The van der Waals surface area contributed by atoms with Crippen LogP contribution >= 0.6 is 23.1 Å². The van der Waals surface area contributed by atoms with Crippen molar-refractivity contribution in [2.45, 2.75) is 43.9 Å². The van der Waals surface area contributed by atoms with Crippen LogP contribution in [-0.2, 0) is 4.79 Å². The summed E-state index contributed by atoms with van der Waals surface area (Å²) in [6.45, 7) is 7.84. The highest BCUT2D eigenvalue weighted by Gasteiger charge is 2.17. The van der Waals surface area contributed by atoms with Gasteiger partial charge in [0.2, 0.25) is 11.0 Å². The Bertz CT molecular complexity index is 406. The van der Waals surface area contributed by atoms with Gasteiger partial charge in [-0.3, -0.25) is 4.79 Å². The van der Waals surface area contributed by atoms with E-state index in [1.54, 1.807) is 11.8 Å². The zero-order valence-electron chi connectivity index (χ0n) is 11.5. The Balaban J connectivity index is 2.50. The average molecular weight is 299 g/mol. The predicted octanol–water partition coefficient (Wildman–Crippen LogP) is 3.97. The number of carbonyl (C=O) groups is 1. The summed E-state index contributed by atoms with van der Waals surface area (Å²) in [5.74, 6) is 0.942. The molecule has 1 atom stereocenters. The average Bonchev–Trinajstić information content (AvgIpc) is 2.84. The van der Waals surface area contributed by atoms with Crippen molar-refractivity contribution in [1.82, 2.24) is 10.2 Å². The molecule has 0 aliphatic carbocycles. The molecule has 1 amide bonds. The summed E-state index contributed by atoms with van der Waals surface area (Å²) in [6.07, 6.45) is 5.83. The monoisotopic (exact) mass is 299 g/mol. The third-order valence-corrected chi connectivity index (χ3v) is 4.70. The number of anilines is 1. The predicted molar refractivity (Wildman–Crippen MR) is 82.8 cm³/mol. The van der Waals surface area contributed by atoms with Crippen molar-refractivity contribution in [2.75, 3.05) is 11.1 Å². The molecule has 0 saturated heterocycles. The zero-order chi connectivity index (χ0) is 14.1. The number of nitrogens with zero attached hydrogens (tertiary/aromatic N) is 2. The van der Waals surface area contributed by atoms with E-state index < -0.39 is 0 Å². The number of carbonyl (C=O) groups excluding carboxylic acids is 1. The van der Waals surface area contributed by atoms with Crippen LogP contribution in [0.1, 0.15) is 39.5 Å². The lowest BCUT2D eigenvalue weighted by Crippen LogP contribution is -2.22. The highest BCUT2D eigenvalue weighted by Crippen LogP contribution is 2.26. The van der Waals surface area contributed by atoms with Crippen molar-refractivity contribution < 1.29 is 4.79 Å². The van der Waals surface area contributed by atoms with Crippen LogP contribution in [0, 0.1) is 5.92 Å². The van der Waals surface area contributed by atoms with Gasteiger partial charge in [0.25, 0.3) is 0 Å². The fourth-order valence-corrected chi connectivity index (χ4v) is 3.14. The Kier molecular flexibility index (Phi) is 7.74. The third kappa shape index (κ3) is 5.74. The molecule has 6 heteroatoms. The summed E-state index contributed by atoms with van der Waals surface area (Å²) in [6, 6.07) is 0. The molecule has 0 unspecified atom stereocenters. The number of nitrogens with one attached hydrogen (secondary N) is 1. The van der Waals surface area contributed by atoms with Gasteiger partial charge in [-0.2, -0.15) is 0 Å². The number of aromatic nitrogens is 2. The second-order valence-electron chi connectivity index (χ2n) is 4.21. The number of hydrogen-bond acceptors (Lipinski definition) is 5. The molecule has 0 bridgehead atoms. The van der Waals surface area contributed by atoms with E-state index in [-0.39, 0.29) is 11.8 Å². The van der Waals surface area contributed by atoms with E-state index in [9.17, 15) is 4.79 Å². The first-order valence-corrected chi connectivity index (χ1v) is 8.39. The fourth-order valence-electron chi connectivity index (χ4n) is 1.63. The largest absolute Gasteiger partial charge is 0.300 e. The quantitative estimate of drug-likeness (QED) is 0.426. The molecule has 4 nitrogen and oxygen atoms in total. The summed E-state index contributed by atoms with van der Waals surface area (Å²) < 4.78 is 0.858. The van der Waals surface area contributed by atoms with Crippen molar-refractivity contribution in [3.8, 4) is 0 Å². The minimum absolute atomic E-state index is 0.0624. The van der Waals surface area contributed by atoms with Gasteiger partial charge < -0.3 is 5.32 Å². The minimum atomic E-state index is 0.0624. The van der Waals surface area contributed by atoms with Gasteiger partial charge in [0, 0.05) is 11.7 Å². The topological polar surface area (TPSA) is 54.9 Å². The van der Waals surface area contributed by atoms with E-state index in [1.165, 1.54) is 11.3 Å². The Morgan fingerprint density at radius 2 is 2.32 bits per heavy atom. The van der Waals surface area contributed by atoms with Gasteiger partial charge in [-0.25, -0.2) is 0 Å². The van der Waals surface area contributed by atoms with E-state index in [2.05, 4.69) is 29.0 Å². The highest BCUT2D eigenvalue weighted by atomic mass is 32.2. The lowest BCUT2D eigenvalue weighted by Gasteiger charge is -2.12. The van der Waals surface area contributed by atoms with E-state index in [0.29, 0.717) is 5.13 Å². The summed E-state index contributed by atoms with van der Waals surface area (Å²) >= 11 is 2.99. The molecule has 1 heterocycles. The van der Waals surface area contributed by atoms with Crippen LogP contribution in [0.25, 0.3) is 0 Å². The van der Waals surface area contributed by atoms with Crippen molar-refractivity contribution in [2.24, 2.45) is 5.92 Å². The molecular formula is C13H21N3OS2. The molecule has 106 valence electrons. The molecule has 1 aromatic heterocycles. The first kappa shape index (κ1) is 16.2. The van der Waals surface area contributed by atoms with E-state index in [4.69, 9.17) is 0 Å². The van der Waals surface area contributed by atoms with Crippen LogP contribution in [-0.4, -0.2) is 21.9 Å².